The molecule has 1 aliphatic heterocycles. The summed E-state index contributed by atoms with van der Waals surface area (Å²) in [6, 6.07) is 9.45. The van der Waals surface area contributed by atoms with E-state index in [2.05, 4.69) is 5.32 Å². The first-order chi connectivity index (χ1) is 13.9. The van der Waals surface area contributed by atoms with E-state index in [0.29, 0.717) is 18.7 Å². The van der Waals surface area contributed by atoms with Crippen LogP contribution in [0.15, 0.2) is 53.4 Å². The van der Waals surface area contributed by atoms with Gasteiger partial charge in [-0.05, 0) is 48.7 Å². The standard InChI is InChI=1S/C21H22F2N2O3S/c22-18-6-5-7-19(23)21(18)24-20(26)13-10-16-8-11-17(12-9-16)29(27,28)25-14-3-1-2-4-15-25/h5-13H,1-4,14-15H2,(H,24,26)/b13-10+. The molecular formula is C21H22F2N2O3S. The van der Waals surface area contributed by atoms with E-state index in [1.807, 2.05) is 0 Å². The fraction of sp³-hybridized carbons (Fsp3) is 0.286. The number of nitrogens with zero attached hydrogens (tertiary/aromatic N) is 1. The summed E-state index contributed by atoms with van der Waals surface area (Å²) in [5.74, 6) is -2.43. The summed E-state index contributed by atoms with van der Waals surface area (Å²) in [5.41, 5.74) is 0.0741. The van der Waals surface area contributed by atoms with Crippen molar-refractivity contribution in [1.82, 2.24) is 4.31 Å². The van der Waals surface area contributed by atoms with Crippen LogP contribution in [0.5, 0.6) is 0 Å². The molecule has 3 rings (SSSR count). The molecule has 0 spiro atoms. The highest BCUT2D eigenvalue weighted by molar-refractivity contribution is 7.89. The van der Waals surface area contributed by atoms with Crippen LogP contribution in [0.2, 0.25) is 0 Å². The van der Waals surface area contributed by atoms with Crippen molar-refractivity contribution < 1.29 is 22.0 Å². The normalized spacial score (nSPS) is 15.9. The lowest BCUT2D eigenvalue weighted by Gasteiger charge is -2.19. The Hall–Kier alpha value is -2.58. The molecule has 0 radical (unpaired) electrons. The minimum absolute atomic E-state index is 0.203. The Kier molecular flexibility index (Phi) is 6.76. The number of anilines is 1. The summed E-state index contributed by atoms with van der Waals surface area (Å²) in [7, 11) is -3.54. The molecule has 2 aromatic carbocycles. The van der Waals surface area contributed by atoms with Crippen LogP contribution in [0.1, 0.15) is 31.2 Å². The van der Waals surface area contributed by atoms with E-state index in [-0.39, 0.29) is 4.90 Å². The molecule has 0 bridgehead atoms. The Morgan fingerprint density at radius 3 is 2.10 bits per heavy atom. The highest BCUT2D eigenvalue weighted by atomic mass is 32.2. The van der Waals surface area contributed by atoms with Crippen LogP contribution in [0, 0.1) is 11.6 Å². The third-order valence-electron chi connectivity index (χ3n) is 4.72. The van der Waals surface area contributed by atoms with Crippen molar-refractivity contribution in [2.45, 2.75) is 30.6 Å². The van der Waals surface area contributed by atoms with Crippen molar-refractivity contribution >= 4 is 27.7 Å². The van der Waals surface area contributed by atoms with Crippen molar-refractivity contribution in [3.05, 3.63) is 65.7 Å². The lowest BCUT2D eigenvalue weighted by atomic mass is 10.2. The van der Waals surface area contributed by atoms with Crippen LogP contribution in [-0.4, -0.2) is 31.7 Å². The second-order valence-electron chi connectivity index (χ2n) is 6.81. The second kappa shape index (κ2) is 9.28. The number of hydrogen-bond acceptors (Lipinski definition) is 3. The van der Waals surface area contributed by atoms with Crippen LogP contribution in [0.25, 0.3) is 6.08 Å². The lowest BCUT2D eigenvalue weighted by molar-refractivity contribution is -0.111. The quantitative estimate of drug-likeness (QED) is 0.738. The van der Waals surface area contributed by atoms with Gasteiger partial charge in [0.25, 0.3) is 0 Å². The number of halogens is 2. The van der Waals surface area contributed by atoms with E-state index in [4.69, 9.17) is 0 Å². The molecule has 1 heterocycles. The highest BCUT2D eigenvalue weighted by Crippen LogP contribution is 2.21. The summed E-state index contributed by atoms with van der Waals surface area (Å²) in [6.07, 6.45) is 6.36. The number of hydrogen-bond donors (Lipinski definition) is 1. The third-order valence-corrected chi connectivity index (χ3v) is 6.63. The highest BCUT2D eigenvalue weighted by Gasteiger charge is 2.24. The molecular weight excluding hydrogens is 398 g/mol. The van der Waals surface area contributed by atoms with Crippen molar-refractivity contribution in [2.24, 2.45) is 0 Å². The van der Waals surface area contributed by atoms with Crippen molar-refractivity contribution in [2.75, 3.05) is 18.4 Å². The Morgan fingerprint density at radius 2 is 1.52 bits per heavy atom. The molecule has 0 unspecified atom stereocenters. The smallest absolute Gasteiger partial charge is 0.248 e. The first kappa shape index (κ1) is 21.1. The zero-order chi connectivity index (χ0) is 20.9. The van der Waals surface area contributed by atoms with Gasteiger partial charge in [-0.15, -0.1) is 0 Å². The molecule has 0 aromatic heterocycles. The molecule has 0 saturated carbocycles. The fourth-order valence-electron chi connectivity index (χ4n) is 3.14. The first-order valence-corrected chi connectivity index (χ1v) is 10.9. The van der Waals surface area contributed by atoms with Gasteiger partial charge in [0.05, 0.1) is 4.90 Å². The minimum Gasteiger partial charge on any atom is -0.318 e. The molecule has 5 nitrogen and oxygen atoms in total. The first-order valence-electron chi connectivity index (χ1n) is 9.41. The Labute approximate surface area is 169 Å². The average molecular weight is 420 g/mol. The molecule has 1 aliphatic rings. The summed E-state index contributed by atoms with van der Waals surface area (Å²) < 4.78 is 54.2. The maximum atomic E-state index is 13.6. The molecule has 2 aromatic rings. The Bertz CT molecular complexity index is 977. The number of amides is 1. The number of benzene rings is 2. The zero-order valence-electron chi connectivity index (χ0n) is 15.8. The average Bonchev–Trinajstić information content (AvgIpc) is 3.00. The molecule has 154 valence electrons. The van der Waals surface area contributed by atoms with E-state index in [0.717, 1.165) is 43.9 Å². The van der Waals surface area contributed by atoms with Crippen LogP contribution < -0.4 is 5.32 Å². The Morgan fingerprint density at radius 1 is 0.931 bits per heavy atom. The van der Waals surface area contributed by atoms with E-state index in [1.54, 1.807) is 12.1 Å². The van der Waals surface area contributed by atoms with Crippen LogP contribution in [0.4, 0.5) is 14.5 Å². The monoisotopic (exact) mass is 420 g/mol. The van der Waals surface area contributed by atoms with Gasteiger partial charge in [0.1, 0.15) is 17.3 Å². The van der Waals surface area contributed by atoms with E-state index < -0.39 is 33.3 Å². The molecule has 1 saturated heterocycles. The Balaban J connectivity index is 1.67. The van der Waals surface area contributed by atoms with Gasteiger partial charge >= 0.3 is 0 Å². The van der Waals surface area contributed by atoms with Gasteiger partial charge in [0.15, 0.2) is 0 Å². The molecule has 29 heavy (non-hydrogen) atoms. The molecule has 1 amide bonds. The van der Waals surface area contributed by atoms with Crippen LogP contribution in [0.3, 0.4) is 0 Å². The largest absolute Gasteiger partial charge is 0.318 e. The summed E-state index contributed by atoms with van der Waals surface area (Å²) in [6.45, 7) is 1.05. The van der Waals surface area contributed by atoms with Gasteiger partial charge in [-0.25, -0.2) is 17.2 Å². The van der Waals surface area contributed by atoms with Crippen LogP contribution in [-0.2, 0) is 14.8 Å². The maximum Gasteiger partial charge on any atom is 0.248 e. The predicted octanol–water partition coefficient (Wildman–Crippen LogP) is 4.18. The molecule has 1 N–H and O–H groups in total. The predicted molar refractivity (Wildman–Crippen MR) is 108 cm³/mol. The number of rotatable bonds is 5. The van der Waals surface area contributed by atoms with Gasteiger partial charge < -0.3 is 5.32 Å². The van der Waals surface area contributed by atoms with Gasteiger partial charge in [-0.1, -0.05) is 31.0 Å². The lowest BCUT2D eigenvalue weighted by Crippen LogP contribution is -2.31. The van der Waals surface area contributed by atoms with Crippen molar-refractivity contribution in [1.29, 1.82) is 0 Å². The maximum absolute atomic E-state index is 13.6. The molecule has 0 aliphatic carbocycles. The van der Waals surface area contributed by atoms with E-state index in [1.165, 1.54) is 28.6 Å². The van der Waals surface area contributed by atoms with Gasteiger partial charge in [-0.2, -0.15) is 4.31 Å². The van der Waals surface area contributed by atoms with Crippen molar-refractivity contribution in [3.63, 3.8) is 0 Å². The topological polar surface area (TPSA) is 66.5 Å². The number of para-hydroxylation sites is 1. The van der Waals surface area contributed by atoms with Crippen LogP contribution >= 0.6 is 0 Å². The van der Waals surface area contributed by atoms with E-state index >= 15 is 0 Å². The summed E-state index contributed by atoms with van der Waals surface area (Å²) in [4.78, 5) is 12.1. The molecule has 0 atom stereocenters. The number of carbonyl (C=O) groups is 1. The summed E-state index contributed by atoms with van der Waals surface area (Å²) >= 11 is 0. The second-order valence-corrected chi connectivity index (χ2v) is 8.74. The number of nitrogens with one attached hydrogen (secondary N) is 1. The van der Waals surface area contributed by atoms with Crippen molar-refractivity contribution in [3.8, 4) is 0 Å². The van der Waals surface area contributed by atoms with Gasteiger partial charge in [-0.3, -0.25) is 4.79 Å². The van der Waals surface area contributed by atoms with E-state index in [9.17, 15) is 22.0 Å². The number of sulfonamides is 1. The van der Waals surface area contributed by atoms with Gasteiger partial charge in [0.2, 0.25) is 15.9 Å². The third kappa shape index (κ3) is 5.27. The molecule has 1 fully saturated rings. The SMILES string of the molecule is O=C(/C=C/c1ccc(S(=O)(=O)N2CCCCCC2)cc1)Nc1c(F)cccc1F. The fourth-order valence-corrected chi connectivity index (χ4v) is 4.65. The molecule has 8 heteroatoms. The minimum atomic E-state index is -3.54. The summed E-state index contributed by atoms with van der Waals surface area (Å²) in [5, 5.41) is 2.15. The van der Waals surface area contributed by atoms with Gasteiger partial charge in [0, 0.05) is 19.2 Å². The zero-order valence-corrected chi connectivity index (χ0v) is 16.6. The number of carbonyl (C=O) groups excluding carboxylic acids is 1.